The third-order valence-corrected chi connectivity index (χ3v) is 4.79. The molecule has 5 nitrogen and oxygen atoms in total. The first kappa shape index (κ1) is 24.9. The molecule has 0 aromatic heterocycles. The summed E-state index contributed by atoms with van der Waals surface area (Å²) >= 11 is 17.1. The normalized spacial score (nSPS) is 14.0. The van der Waals surface area contributed by atoms with E-state index in [0.717, 1.165) is 13.2 Å². The first-order valence-electron chi connectivity index (χ1n) is 8.09. The predicted octanol–water partition coefficient (Wildman–Crippen LogP) is 5.83. The van der Waals surface area contributed by atoms with Gasteiger partial charge in [-0.15, -0.1) is 0 Å². The molecule has 1 rings (SSSR count). The fourth-order valence-corrected chi connectivity index (χ4v) is 2.83. The number of alkyl halides is 6. The molecule has 11 heteroatoms. The number of amides is 1. The van der Waals surface area contributed by atoms with Crippen LogP contribution in [0.15, 0.2) is 12.1 Å². The minimum Gasteiger partial charge on any atom is -0.494 e. The van der Waals surface area contributed by atoms with Gasteiger partial charge in [-0.3, -0.25) is 4.90 Å². The Bertz CT molecular complexity index is 721. The number of hydrogen-bond acceptors (Lipinski definition) is 3. The number of nitrogens with zero attached hydrogens (tertiary/aromatic N) is 1. The summed E-state index contributed by atoms with van der Waals surface area (Å²) in [7, 11) is 1.06. The van der Waals surface area contributed by atoms with Crippen molar-refractivity contribution in [3.05, 3.63) is 23.3 Å². The highest BCUT2D eigenvalue weighted by Crippen LogP contribution is 2.45. The zero-order chi connectivity index (χ0) is 22.1. The van der Waals surface area contributed by atoms with Crippen LogP contribution in [0.3, 0.4) is 0 Å². The average molecular weight is 467 g/mol. The van der Waals surface area contributed by atoms with E-state index < -0.39 is 45.4 Å². The van der Waals surface area contributed by atoms with Crippen molar-refractivity contribution in [2.45, 2.75) is 48.7 Å². The molecule has 1 aromatic carbocycles. The highest BCUT2D eigenvalue weighted by Gasteiger charge is 2.43. The molecule has 0 heterocycles. The Kier molecular flexibility index (Phi) is 7.78. The molecular formula is C17H21Cl3F3NO4. The summed E-state index contributed by atoms with van der Waals surface area (Å²) in [5.74, 6) is -0.475. The van der Waals surface area contributed by atoms with Crippen molar-refractivity contribution in [2.24, 2.45) is 0 Å². The molecule has 0 bridgehead atoms. The molecule has 2 N–H and O–H groups in total. The third-order valence-electron chi connectivity index (χ3n) is 4.43. The summed E-state index contributed by atoms with van der Waals surface area (Å²) in [6, 6.07) is 2.51. The van der Waals surface area contributed by atoms with Gasteiger partial charge in [-0.05, 0) is 29.5 Å². The van der Waals surface area contributed by atoms with Crippen LogP contribution in [0, 0.1) is 0 Å². The largest absolute Gasteiger partial charge is 0.494 e. The summed E-state index contributed by atoms with van der Waals surface area (Å²) in [4.78, 5) is 12.3. The Labute approximate surface area is 175 Å². The number of aliphatic hydroxyl groups excluding tert-OH is 1. The van der Waals surface area contributed by atoms with Gasteiger partial charge in [-0.25, -0.2) is 4.79 Å². The van der Waals surface area contributed by atoms with E-state index in [1.165, 1.54) is 6.07 Å². The molecule has 1 aromatic rings. The van der Waals surface area contributed by atoms with Gasteiger partial charge in [0, 0.05) is 5.56 Å². The molecule has 0 saturated carbocycles. The van der Waals surface area contributed by atoms with Crippen molar-refractivity contribution in [2.75, 3.05) is 18.6 Å². The molecule has 0 aliphatic heterocycles. The molecule has 160 valence electrons. The van der Waals surface area contributed by atoms with Crippen LogP contribution < -0.4 is 9.64 Å². The lowest BCUT2D eigenvalue weighted by Gasteiger charge is -2.31. The Morgan fingerprint density at radius 3 is 2.14 bits per heavy atom. The Balaban J connectivity index is 3.87. The van der Waals surface area contributed by atoms with Gasteiger partial charge in [-0.1, -0.05) is 55.6 Å². The van der Waals surface area contributed by atoms with Crippen LogP contribution in [0.1, 0.15) is 44.4 Å². The first-order valence-corrected chi connectivity index (χ1v) is 9.23. The highest BCUT2D eigenvalue weighted by molar-refractivity contribution is 6.68. The van der Waals surface area contributed by atoms with Gasteiger partial charge in [-0.2, -0.15) is 13.2 Å². The van der Waals surface area contributed by atoms with Crippen molar-refractivity contribution in [1.29, 1.82) is 0 Å². The molecule has 0 aliphatic carbocycles. The fraction of sp³-hybridized carbons (Fsp3) is 0.588. The summed E-state index contributed by atoms with van der Waals surface area (Å²) in [5, 5.41) is 19.4. The van der Waals surface area contributed by atoms with E-state index in [1.807, 2.05) is 6.92 Å². The van der Waals surface area contributed by atoms with Gasteiger partial charge in [0.25, 0.3) is 0 Å². The number of benzene rings is 1. The van der Waals surface area contributed by atoms with Crippen LogP contribution in [0.25, 0.3) is 0 Å². The average Bonchev–Trinajstić information content (AvgIpc) is 2.55. The minimum absolute atomic E-state index is 0.265. The fourth-order valence-electron chi connectivity index (χ4n) is 2.47. The molecule has 1 unspecified atom stereocenters. The van der Waals surface area contributed by atoms with Crippen LogP contribution >= 0.6 is 34.8 Å². The molecule has 0 saturated heterocycles. The monoisotopic (exact) mass is 465 g/mol. The summed E-state index contributed by atoms with van der Waals surface area (Å²) in [6.07, 6.45) is -8.93. The number of aliphatic hydroxyl groups is 1. The van der Waals surface area contributed by atoms with E-state index in [0.29, 0.717) is 16.9 Å². The smallest absolute Gasteiger partial charge is 0.418 e. The predicted molar refractivity (Wildman–Crippen MR) is 103 cm³/mol. The van der Waals surface area contributed by atoms with Crippen molar-refractivity contribution in [3.8, 4) is 5.75 Å². The van der Waals surface area contributed by atoms with Crippen LogP contribution in [0.2, 0.25) is 0 Å². The molecule has 28 heavy (non-hydrogen) atoms. The van der Waals surface area contributed by atoms with Gasteiger partial charge in [0.1, 0.15) is 5.75 Å². The molecule has 0 aliphatic rings. The third kappa shape index (κ3) is 5.95. The summed E-state index contributed by atoms with van der Waals surface area (Å²) in [5.41, 5.74) is -1.16. The maximum Gasteiger partial charge on any atom is 0.418 e. The van der Waals surface area contributed by atoms with E-state index in [-0.39, 0.29) is 5.69 Å². The number of methoxy groups -OCH3 is 1. The van der Waals surface area contributed by atoms with Crippen LogP contribution in [0.5, 0.6) is 5.75 Å². The van der Waals surface area contributed by atoms with E-state index in [1.54, 1.807) is 13.8 Å². The van der Waals surface area contributed by atoms with Crippen molar-refractivity contribution in [3.63, 3.8) is 0 Å². The van der Waals surface area contributed by atoms with Crippen molar-refractivity contribution >= 4 is 46.6 Å². The van der Waals surface area contributed by atoms with E-state index in [9.17, 15) is 28.2 Å². The second-order valence-corrected chi connectivity index (χ2v) is 9.30. The van der Waals surface area contributed by atoms with Gasteiger partial charge < -0.3 is 14.9 Å². The second-order valence-electron chi connectivity index (χ2n) is 6.78. The molecule has 0 fully saturated rings. The lowest BCUT2D eigenvalue weighted by molar-refractivity contribution is -0.207. The van der Waals surface area contributed by atoms with Crippen molar-refractivity contribution in [1.82, 2.24) is 0 Å². The summed E-state index contributed by atoms with van der Waals surface area (Å²) < 4.78 is 42.7. The molecule has 0 spiro atoms. The van der Waals surface area contributed by atoms with Crippen LogP contribution in [0.4, 0.5) is 23.7 Å². The summed E-state index contributed by atoms with van der Waals surface area (Å²) in [6.45, 7) is 4.69. The number of hydrogen-bond donors (Lipinski definition) is 2. The van der Waals surface area contributed by atoms with Crippen LogP contribution in [-0.2, 0) is 5.41 Å². The topological polar surface area (TPSA) is 70.0 Å². The maximum atomic E-state index is 13.2. The Hall–Kier alpha value is -1.09. The van der Waals surface area contributed by atoms with Gasteiger partial charge in [0.05, 0.1) is 19.3 Å². The van der Waals surface area contributed by atoms with Crippen molar-refractivity contribution < 1.29 is 32.9 Å². The van der Waals surface area contributed by atoms with E-state index >= 15 is 0 Å². The van der Waals surface area contributed by atoms with Gasteiger partial charge in [0.15, 0.2) is 6.10 Å². The van der Waals surface area contributed by atoms with E-state index in [4.69, 9.17) is 39.5 Å². The second kappa shape index (κ2) is 8.73. The molecule has 1 amide bonds. The highest BCUT2D eigenvalue weighted by atomic mass is 35.6. The molecule has 0 radical (unpaired) electrons. The number of anilines is 1. The minimum atomic E-state index is -5.00. The van der Waals surface area contributed by atoms with Crippen LogP contribution in [-0.4, -0.2) is 39.9 Å². The Morgan fingerprint density at radius 1 is 1.25 bits per heavy atom. The lowest BCUT2D eigenvalue weighted by Crippen LogP contribution is -2.37. The standard InChI is InChI=1S/C17H21Cl3F3NO4/c1-5-15(2,3)9-6-10(13(25)17(21,22)23)12(28-4)11(7-9)24(14(26)27)8-16(18,19)20/h6-7,13,25H,5,8H2,1-4H3,(H,26,27). The zero-order valence-corrected chi connectivity index (χ0v) is 17.8. The first-order chi connectivity index (χ1) is 12.5. The molecule has 1 atom stereocenters. The number of rotatable bonds is 6. The van der Waals surface area contributed by atoms with Gasteiger partial charge >= 0.3 is 12.3 Å². The molecular weight excluding hydrogens is 446 g/mol. The van der Waals surface area contributed by atoms with E-state index in [2.05, 4.69) is 0 Å². The number of carbonyl (C=O) groups is 1. The SMILES string of the molecule is CCC(C)(C)c1cc(C(O)C(F)(F)F)c(OC)c(N(CC(Cl)(Cl)Cl)C(=O)O)c1. The number of ether oxygens (including phenoxy) is 1. The lowest BCUT2D eigenvalue weighted by atomic mass is 9.80. The number of halogens is 6. The quantitative estimate of drug-likeness (QED) is 0.517. The maximum absolute atomic E-state index is 13.2. The zero-order valence-electron chi connectivity index (χ0n) is 15.6. The van der Waals surface area contributed by atoms with Gasteiger partial charge in [0.2, 0.25) is 3.79 Å². The number of carboxylic acid groups (broad SMARTS) is 1. The Morgan fingerprint density at radius 2 is 1.79 bits per heavy atom.